The fourth-order valence-electron chi connectivity index (χ4n) is 1.66. The maximum atomic E-state index is 12.1. The normalized spacial score (nSPS) is 10.2. The van der Waals surface area contributed by atoms with E-state index in [4.69, 9.17) is 0 Å². The molecule has 0 radical (unpaired) electrons. The van der Waals surface area contributed by atoms with E-state index in [1.165, 1.54) is 0 Å². The monoisotopic (exact) mass is 276 g/mol. The van der Waals surface area contributed by atoms with E-state index in [1.807, 2.05) is 12.3 Å². The molecule has 0 saturated carbocycles. The summed E-state index contributed by atoms with van der Waals surface area (Å²) in [6.45, 7) is 3.28. The summed E-state index contributed by atoms with van der Waals surface area (Å²) in [6.07, 6.45) is 2.41. The molecular formula is C13H16N4OS. The summed E-state index contributed by atoms with van der Waals surface area (Å²) in [5, 5.41) is 7.95. The highest BCUT2D eigenvalue weighted by molar-refractivity contribution is 7.07. The Morgan fingerprint density at radius 1 is 1.42 bits per heavy atom. The molecule has 0 bridgehead atoms. The van der Waals surface area contributed by atoms with Gasteiger partial charge in [0.25, 0.3) is 5.91 Å². The van der Waals surface area contributed by atoms with E-state index < -0.39 is 0 Å². The van der Waals surface area contributed by atoms with Crippen LogP contribution in [0.3, 0.4) is 0 Å². The first-order chi connectivity index (χ1) is 9.31. The fourth-order valence-corrected chi connectivity index (χ4v) is 2.25. The standard InChI is InChI=1S/C13H16N4OS/c1-2-14-12-11(4-3-6-15-12)13(18)16-7-5-10-8-19-9-17-10/h3-4,6,8-9H,2,5,7H2,1H3,(H,14,15)(H,16,18). The molecule has 2 aromatic rings. The lowest BCUT2D eigenvalue weighted by molar-refractivity contribution is 0.0954. The van der Waals surface area contributed by atoms with Crippen molar-refractivity contribution in [2.24, 2.45) is 0 Å². The molecule has 0 saturated heterocycles. The average molecular weight is 276 g/mol. The number of nitrogens with one attached hydrogen (secondary N) is 2. The maximum Gasteiger partial charge on any atom is 0.255 e. The summed E-state index contributed by atoms with van der Waals surface area (Å²) in [5.74, 6) is 0.510. The number of carbonyl (C=O) groups excluding carboxylic acids is 1. The topological polar surface area (TPSA) is 66.9 Å². The summed E-state index contributed by atoms with van der Waals surface area (Å²) in [4.78, 5) is 20.4. The third-order valence-electron chi connectivity index (χ3n) is 2.55. The number of pyridine rings is 1. The molecular weight excluding hydrogens is 260 g/mol. The maximum absolute atomic E-state index is 12.1. The summed E-state index contributed by atoms with van der Waals surface area (Å²) in [6, 6.07) is 3.53. The van der Waals surface area contributed by atoms with Crippen LogP contribution >= 0.6 is 11.3 Å². The molecule has 2 aromatic heterocycles. The minimum atomic E-state index is -0.112. The van der Waals surface area contributed by atoms with E-state index in [0.717, 1.165) is 18.7 Å². The van der Waals surface area contributed by atoms with Gasteiger partial charge >= 0.3 is 0 Å². The van der Waals surface area contributed by atoms with E-state index in [-0.39, 0.29) is 5.91 Å². The van der Waals surface area contributed by atoms with Gasteiger partial charge in [-0.05, 0) is 19.1 Å². The predicted molar refractivity (Wildman–Crippen MR) is 76.6 cm³/mol. The molecule has 0 atom stereocenters. The van der Waals surface area contributed by atoms with Gasteiger partial charge in [-0.15, -0.1) is 11.3 Å². The molecule has 5 nitrogen and oxygen atoms in total. The van der Waals surface area contributed by atoms with Gasteiger partial charge in [-0.25, -0.2) is 9.97 Å². The van der Waals surface area contributed by atoms with E-state index in [1.54, 1.807) is 35.2 Å². The Hall–Kier alpha value is -1.95. The zero-order valence-electron chi connectivity index (χ0n) is 10.7. The third-order valence-corrected chi connectivity index (χ3v) is 3.18. The van der Waals surface area contributed by atoms with Gasteiger partial charge in [0.2, 0.25) is 0 Å². The number of hydrogen-bond acceptors (Lipinski definition) is 5. The second-order valence-electron chi connectivity index (χ2n) is 3.92. The molecule has 100 valence electrons. The number of thiazole rings is 1. The minimum absolute atomic E-state index is 0.112. The van der Waals surface area contributed by atoms with Crippen molar-refractivity contribution in [2.45, 2.75) is 13.3 Å². The zero-order chi connectivity index (χ0) is 13.5. The first kappa shape index (κ1) is 13.5. The van der Waals surface area contributed by atoms with Gasteiger partial charge in [0.1, 0.15) is 5.82 Å². The van der Waals surface area contributed by atoms with Crippen molar-refractivity contribution < 1.29 is 4.79 Å². The Balaban J connectivity index is 1.92. The number of rotatable bonds is 6. The second-order valence-corrected chi connectivity index (χ2v) is 4.63. The molecule has 2 N–H and O–H groups in total. The summed E-state index contributed by atoms with van der Waals surface area (Å²) < 4.78 is 0. The Kier molecular flexibility index (Phi) is 4.85. The predicted octanol–water partition coefficient (Wildman–Crippen LogP) is 1.94. The van der Waals surface area contributed by atoms with Crippen LogP contribution in [-0.4, -0.2) is 29.0 Å². The van der Waals surface area contributed by atoms with Crippen molar-refractivity contribution in [3.05, 3.63) is 40.5 Å². The van der Waals surface area contributed by atoms with Gasteiger partial charge < -0.3 is 10.6 Å². The Morgan fingerprint density at radius 2 is 2.32 bits per heavy atom. The molecule has 2 heterocycles. The Bertz CT molecular complexity index is 527. The van der Waals surface area contributed by atoms with Crippen molar-refractivity contribution >= 4 is 23.1 Å². The highest BCUT2D eigenvalue weighted by Gasteiger charge is 2.10. The second kappa shape index (κ2) is 6.84. The number of anilines is 1. The van der Waals surface area contributed by atoms with Gasteiger partial charge in [-0.2, -0.15) is 0 Å². The molecule has 0 aliphatic heterocycles. The molecule has 19 heavy (non-hydrogen) atoms. The minimum Gasteiger partial charge on any atom is -0.370 e. The number of amides is 1. The van der Waals surface area contributed by atoms with Crippen LogP contribution in [0.4, 0.5) is 5.82 Å². The number of aromatic nitrogens is 2. The molecule has 0 aromatic carbocycles. The third kappa shape index (κ3) is 3.75. The van der Waals surface area contributed by atoms with E-state index >= 15 is 0 Å². The molecule has 0 fully saturated rings. The summed E-state index contributed by atoms with van der Waals surface area (Å²) >= 11 is 1.56. The van der Waals surface area contributed by atoms with E-state index in [9.17, 15) is 4.79 Å². The van der Waals surface area contributed by atoms with Crippen LogP contribution in [0, 0.1) is 0 Å². The zero-order valence-corrected chi connectivity index (χ0v) is 11.5. The first-order valence-corrected chi connectivity index (χ1v) is 7.09. The Labute approximate surface area is 116 Å². The average Bonchev–Trinajstić information content (AvgIpc) is 2.93. The molecule has 0 unspecified atom stereocenters. The van der Waals surface area contributed by atoms with Crippen molar-refractivity contribution in [3.63, 3.8) is 0 Å². The molecule has 2 rings (SSSR count). The molecule has 1 amide bonds. The molecule has 6 heteroatoms. The molecule has 0 aliphatic carbocycles. The highest BCUT2D eigenvalue weighted by atomic mass is 32.1. The van der Waals surface area contributed by atoms with Crippen LogP contribution in [0.15, 0.2) is 29.2 Å². The van der Waals surface area contributed by atoms with Gasteiger partial charge in [0, 0.05) is 31.1 Å². The van der Waals surface area contributed by atoms with E-state index in [2.05, 4.69) is 20.6 Å². The number of nitrogens with zero attached hydrogens (tertiary/aromatic N) is 2. The lowest BCUT2D eigenvalue weighted by Crippen LogP contribution is -2.27. The van der Waals surface area contributed by atoms with Crippen LogP contribution in [-0.2, 0) is 6.42 Å². The quantitative estimate of drug-likeness (QED) is 0.846. The van der Waals surface area contributed by atoms with Crippen LogP contribution in [0.25, 0.3) is 0 Å². The summed E-state index contributed by atoms with van der Waals surface area (Å²) in [5.41, 5.74) is 3.37. The number of hydrogen-bond donors (Lipinski definition) is 2. The fraction of sp³-hybridized carbons (Fsp3) is 0.308. The largest absolute Gasteiger partial charge is 0.370 e. The molecule has 0 spiro atoms. The SMILES string of the molecule is CCNc1ncccc1C(=O)NCCc1cscn1. The van der Waals surface area contributed by atoms with Crippen molar-refractivity contribution in [2.75, 3.05) is 18.4 Å². The van der Waals surface area contributed by atoms with Crippen molar-refractivity contribution in [3.8, 4) is 0 Å². The lowest BCUT2D eigenvalue weighted by Gasteiger charge is -2.09. The van der Waals surface area contributed by atoms with E-state index in [0.29, 0.717) is 17.9 Å². The van der Waals surface area contributed by atoms with Crippen molar-refractivity contribution in [1.29, 1.82) is 0 Å². The Morgan fingerprint density at radius 3 is 3.05 bits per heavy atom. The van der Waals surface area contributed by atoms with Crippen LogP contribution in [0.1, 0.15) is 23.0 Å². The highest BCUT2D eigenvalue weighted by Crippen LogP contribution is 2.10. The molecule has 0 aliphatic rings. The van der Waals surface area contributed by atoms with Gasteiger partial charge in [-0.1, -0.05) is 0 Å². The number of carbonyl (C=O) groups is 1. The lowest BCUT2D eigenvalue weighted by atomic mass is 10.2. The van der Waals surface area contributed by atoms with Gasteiger partial charge in [0.05, 0.1) is 16.8 Å². The van der Waals surface area contributed by atoms with Gasteiger partial charge in [0.15, 0.2) is 0 Å². The van der Waals surface area contributed by atoms with Crippen LogP contribution in [0.5, 0.6) is 0 Å². The summed E-state index contributed by atoms with van der Waals surface area (Å²) in [7, 11) is 0. The van der Waals surface area contributed by atoms with Crippen molar-refractivity contribution in [1.82, 2.24) is 15.3 Å². The van der Waals surface area contributed by atoms with Crippen LogP contribution in [0.2, 0.25) is 0 Å². The van der Waals surface area contributed by atoms with Crippen LogP contribution < -0.4 is 10.6 Å². The smallest absolute Gasteiger partial charge is 0.255 e. The van der Waals surface area contributed by atoms with Gasteiger partial charge in [-0.3, -0.25) is 4.79 Å². The first-order valence-electron chi connectivity index (χ1n) is 6.15.